The van der Waals surface area contributed by atoms with Crippen LogP contribution in [-0.2, 0) is 16.0 Å². The third-order valence-corrected chi connectivity index (χ3v) is 5.62. The Hall–Kier alpha value is -1.56. The van der Waals surface area contributed by atoms with E-state index in [1.165, 1.54) is 36.9 Å². The number of nitrogens with zero attached hydrogens (tertiary/aromatic N) is 2. The number of rotatable bonds is 7. The number of halogens is 1. The molecule has 1 aromatic rings. The second kappa shape index (κ2) is 8.21. The number of alkyl halides is 1. The summed E-state index contributed by atoms with van der Waals surface area (Å²) in [4.78, 5) is 27.9. The summed E-state index contributed by atoms with van der Waals surface area (Å²) in [5, 5.41) is 3.56. The molecule has 1 unspecified atom stereocenters. The third-order valence-electron chi connectivity index (χ3n) is 5.06. The second-order valence-corrected chi connectivity index (χ2v) is 7.75. The lowest BCUT2D eigenvalue weighted by Crippen LogP contribution is -2.53. The van der Waals surface area contributed by atoms with Gasteiger partial charge in [-0.2, -0.15) is 0 Å². The van der Waals surface area contributed by atoms with Crippen LogP contribution in [0.4, 0.5) is 11.4 Å². The number of hydrogen-bond acceptors (Lipinski definition) is 4. The summed E-state index contributed by atoms with van der Waals surface area (Å²) in [5.74, 6) is -0.336. The zero-order chi connectivity index (χ0) is 17.8. The van der Waals surface area contributed by atoms with Gasteiger partial charge in [-0.3, -0.25) is 14.9 Å². The fourth-order valence-electron chi connectivity index (χ4n) is 3.68. The number of carbonyl (C=O) groups is 2. The number of carbonyl (C=O) groups excluding carboxylic acids is 2. The van der Waals surface area contributed by atoms with Crippen molar-refractivity contribution in [2.75, 3.05) is 28.8 Å². The first-order chi connectivity index (χ1) is 12.1. The minimum Gasteiger partial charge on any atom is -0.355 e. The van der Waals surface area contributed by atoms with Crippen molar-refractivity contribution in [2.24, 2.45) is 0 Å². The Morgan fingerprint density at radius 3 is 2.72 bits per heavy atom. The van der Waals surface area contributed by atoms with Crippen molar-refractivity contribution < 1.29 is 9.59 Å². The van der Waals surface area contributed by atoms with E-state index in [0.717, 1.165) is 17.4 Å². The topological polar surface area (TPSA) is 52.6 Å². The average Bonchev–Trinajstić information content (AvgIpc) is 2.91. The van der Waals surface area contributed by atoms with E-state index in [9.17, 15) is 9.59 Å². The Bertz CT molecular complexity index is 650. The van der Waals surface area contributed by atoms with Gasteiger partial charge in [0, 0.05) is 18.8 Å². The van der Waals surface area contributed by atoms with E-state index in [4.69, 9.17) is 0 Å². The molecule has 5 nitrogen and oxygen atoms in total. The summed E-state index contributed by atoms with van der Waals surface area (Å²) in [6.45, 7) is 0.691. The molecule has 3 rings (SSSR count). The summed E-state index contributed by atoms with van der Waals surface area (Å²) in [6, 6.07) is 6.32. The van der Waals surface area contributed by atoms with Gasteiger partial charge in [0.05, 0.1) is 18.0 Å². The van der Waals surface area contributed by atoms with Gasteiger partial charge in [-0.1, -0.05) is 34.8 Å². The van der Waals surface area contributed by atoms with Crippen molar-refractivity contribution in [3.63, 3.8) is 0 Å². The van der Waals surface area contributed by atoms with E-state index < -0.39 is 0 Å². The van der Waals surface area contributed by atoms with Gasteiger partial charge in [0.25, 0.3) is 0 Å². The Morgan fingerprint density at radius 1 is 1.16 bits per heavy atom. The molecule has 0 aliphatic carbocycles. The van der Waals surface area contributed by atoms with Crippen molar-refractivity contribution in [2.45, 2.75) is 51.0 Å². The summed E-state index contributed by atoms with van der Waals surface area (Å²) in [5.41, 5.74) is 3.64. The molecule has 1 fully saturated rings. The maximum atomic E-state index is 12.2. The van der Waals surface area contributed by atoms with Crippen LogP contribution in [-0.4, -0.2) is 36.9 Å². The standard InChI is InChI=1S/C19H26BrN3O2/c1-22-13-23(16-9-10-18(24)21-19(16)25)15-8-7-14(12-17(15)22)6-4-2-3-5-11-20/h7-8,12,16H,2-6,9-11,13H2,1H3,(H,21,24,25). The van der Waals surface area contributed by atoms with E-state index in [2.05, 4.69) is 56.3 Å². The van der Waals surface area contributed by atoms with E-state index in [-0.39, 0.29) is 17.9 Å². The maximum Gasteiger partial charge on any atom is 0.249 e. The lowest BCUT2D eigenvalue weighted by molar-refractivity contribution is -0.134. The van der Waals surface area contributed by atoms with Crippen LogP contribution in [0.2, 0.25) is 0 Å². The summed E-state index contributed by atoms with van der Waals surface area (Å²) < 4.78 is 0. The lowest BCUT2D eigenvalue weighted by Gasteiger charge is -2.31. The highest BCUT2D eigenvalue weighted by Gasteiger charge is 2.36. The number of anilines is 2. The van der Waals surface area contributed by atoms with E-state index in [0.29, 0.717) is 19.5 Å². The van der Waals surface area contributed by atoms with Gasteiger partial charge in [-0.15, -0.1) is 0 Å². The highest BCUT2D eigenvalue weighted by Crippen LogP contribution is 2.38. The molecule has 2 aliphatic rings. The molecule has 1 atom stereocenters. The SMILES string of the molecule is CN1CN(C2CCC(=O)NC2=O)c2ccc(CCCCCCBr)cc21. The molecule has 1 aromatic carbocycles. The largest absolute Gasteiger partial charge is 0.355 e. The van der Waals surface area contributed by atoms with Crippen LogP contribution >= 0.6 is 15.9 Å². The van der Waals surface area contributed by atoms with Crippen LogP contribution in [0.5, 0.6) is 0 Å². The first-order valence-corrected chi connectivity index (χ1v) is 10.2. The third kappa shape index (κ3) is 4.17. The molecule has 6 heteroatoms. The van der Waals surface area contributed by atoms with E-state index >= 15 is 0 Å². The minimum absolute atomic E-state index is 0.163. The summed E-state index contributed by atoms with van der Waals surface area (Å²) >= 11 is 3.48. The van der Waals surface area contributed by atoms with Crippen LogP contribution in [0.1, 0.15) is 44.1 Å². The molecule has 2 aliphatic heterocycles. The monoisotopic (exact) mass is 407 g/mol. The van der Waals surface area contributed by atoms with Crippen molar-refractivity contribution in [3.8, 4) is 0 Å². The molecule has 0 radical (unpaired) electrons. The highest BCUT2D eigenvalue weighted by molar-refractivity contribution is 9.09. The predicted molar refractivity (Wildman–Crippen MR) is 104 cm³/mol. The summed E-state index contributed by atoms with van der Waals surface area (Å²) in [7, 11) is 2.06. The molecule has 136 valence electrons. The Labute approximate surface area is 157 Å². The number of unbranched alkanes of at least 4 members (excludes halogenated alkanes) is 3. The van der Waals surface area contributed by atoms with Gasteiger partial charge in [-0.25, -0.2) is 0 Å². The number of imide groups is 1. The van der Waals surface area contributed by atoms with Gasteiger partial charge < -0.3 is 9.80 Å². The molecular formula is C19H26BrN3O2. The van der Waals surface area contributed by atoms with Gasteiger partial charge in [0.1, 0.15) is 6.04 Å². The zero-order valence-electron chi connectivity index (χ0n) is 14.8. The van der Waals surface area contributed by atoms with Gasteiger partial charge in [0.2, 0.25) is 11.8 Å². The van der Waals surface area contributed by atoms with Crippen molar-refractivity contribution in [1.82, 2.24) is 5.32 Å². The quantitative estimate of drug-likeness (QED) is 0.428. The smallest absolute Gasteiger partial charge is 0.249 e. The maximum absolute atomic E-state index is 12.2. The number of piperidine rings is 1. The number of amides is 2. The number of fused-ring (bicyclic) bond motifs is 1. The molecule has 0 bridgehead atoms. The molecule has 0 spiro atoms. The van der Waals surface area contributed by atoms with Crippen LogP contribution in [0.25, 0.3) is 0 Å². The van der Waals surface area contributed by atoms with Gasteiger partial charge >= 0.3 is 0 Å². The summed E-state index contributed by atoms with van der Waals surface area (Å²) in [6.07, 6.45) is 7.11. The predicted octanol–water partition coefficient (Wildman–Crippen LogP) is 3.20. The highest BCUT2D eigenvalue weighted by atomic mass is 79.9. The first kappa shape index (κ1) is 18.2. The van der Waals surface area contributed by atoms with Gasteiger partial charge in [-0.05, 0) is 43.4 Å². The molecule has 25 heavy (non-hydrogen) atoms. The van der Waals surface area contributed by atoms with Gasteiger partial charge in [0.15, 0.2) is 0 Å². The van der Waals surface area contributed by atoms with Crippen LogP contribution in [0, 0.1) is 0 Å². The van der Waals surface area contributed by atoms with Crippen LogP contribution < -0.4 is 15.1 Å². The normalized spacial score (nSPS) is 20.0. The fraction of sp³-hybridized carbons (Fsp3) is 0.579. The Balaban J connectivity index is 1.67. The molecule has 1 saturated heterocycles. The molecule has 1 N–H and O–H groups in total. The number of nitrogens with one attached hydrogen (secondary N) is 1. The Morgan fingerprint density at radius 2 is 1.96 bits per heavy atom. The van der Waals surface area contributed by atoms with Crippen molar-refractivity contribution >= 4 is 39.1 Å². The molecule has 2 amide bonds. The number of aryl methyl sites for hydroxylation is 1. The molecule has 0 saturated carbocycles. The second-order valence-electron chi connectivity index (χ2n) is 6.95. The molecular weight excluding hydrogens is 382 g/mol. The number of hydrogen-bond donors (Lipinski definition) is 1. The fourth-order valence-corrected chi connectivity index (χ4v) is 4.07. The minimum atomic E-state index is -0.253. The van der Waals surface area contributed by atoms with Crippen LogP contribution in [0.15, 0.2) is 18.2 Å². The van der Waals surface area contributed by atoms with Crippen molar-refractivity contribution in [3.05, 3.63) is 23.8 Å². The van der Waals surface area contributed by atoms with E-state index in [1.807, 2.05) is 0 Å². The number of benzene rings is 1. The zero-order valence-corrected chi connectivity index (χ0v) is 16.3. The average molecular weight is 408 g/mol. The molecule has 0 aromatic heterocycles. The molecule has 2 heterocycles. The lowest BCUT2D eigenvalue weighted by atomic mass is 10.0. The van der Waals surface area contributed by atoms with E-state index in [1.54, 1.807) is 0 Å². The Kier molecular flexibility index (Phi) is 5.99. The van der Waals surface area contributed by atoms with Crippen molar-refractivity contribution in [1.29, 1.82) is 0 Å². The van der Waals surface area contributed by atoms with Crippen LogP contribution in [0.3, 0.4) is 0 Å². The first-order valence-electron chi connectivity index (χ1n) is 9.10.